The van der Waals surface area contributed by atoms with Gasteiger partial charge >= 0.3 is 0 Å². The minimum Gasteiger partial charge on any atom is -0.309 e. The molecule has 12 rings (SSSR count). The van der Waals surface area contributed by atoms with Gasteiger partial charge in [0.25, 0.3) is 0 Å². The van der Waals surface area contributed by atoms with Crippen LogP contribution >= 0.6 is 0 Å². The quantitative estimate of drug-likeness (QED) is 0.183. The van der Waals surface area contributed by atoms with Crippen molar-refractivity contribution < 1.29 is 0 Å². The van der Waals surface area contributed by atoms with E-state index in [-0.39, 0.29) is 0 Å². The van der Waals surface area contributed by atoms with Gasteiger partial charge in [-0.05, 0) is 81.4 Å². The van der Waals surface area contributed by atoms with Crippen LogP contribution in [-0.2, 0) is 5.41 Å². The highest BCUT2D eigenvalue weighted by atomic mass is 15.1. The average molecular weight is 674 g/mol. The third kappa shape index (κ3) is 3.66. The Morgan fingerprint density at radius 2 is 1.00 bits per heavy atom. The molecule has 3 nitrogen and oxygen atoms in total. The maximum atomic E-state index is 5.24. The fraction of sp³-hybridized carbons (Fsp3) is 0.0200. The molecule has 0 fully saturated rings. The van der Waals surface area contributed by atoms with Gasteiger partial charge in [-0.15, -0.1) is 0 Å². The molecule has 8 aromatic carbocycles. The lowest BCUT2D eigenvalue weighted by Gasteiger charge is -2.30. The van der Waals surface area contributed by atoms with Gasteiger partial charge in [0.1, 0.15) is 5.82 Å². The molecule has 53 heavy (non-hydrogen) atoms. The smallest absolute Gasteiger partial charge is 0.145 e. The van der Waals surface area contributed by atoms with Crippen molar-refractivity contribution in [2.45, 2.75) is 5.41 Å². The summed E-state index contributed by atoms with van der Waals surface area (Å²) in [6, 6.07) is 68.8. The molecule has 0 saturated heterocycles. The second-order valence-corrected chi connectivity index (χ2v) is 14.3. The van der Waals surface area contributed by atoms with Crippen LogP contribution < -0.4 is 0 Å². The Hall–Kier alpha value is -6.97. The zero-order valence-corrected chi connectivity index (χ0v) is 28.7. The van der Waals surface area contributed by atoms with E-state index < -0.39 is 5.41 Å². The van der Waals surface area contributed by atoms with Gasteiger partial charge in [0.05, 0.1) is 27.5 Å². The first kappa shape index (κ1) is 28.7. The van der Waals surface area contributed by atoms with Gasteiger partial charge in [0.2, 0.25) is 0 Å². The zero-order chi connectivity index (χ0) is 34.7. The van der Waals surface area contributed by atoms with Gasteiger partial charge in [0.15, 0.2) is 0 Å². The van der Waals surface area contributed by atoms with E-state index in [9.17, 15) is 0 Å². The summed E-state index contributed by atoms with van der Waals surface area (Å²) < 4.78 is 4.79. The fourth-order valence-electron chi connectivity index (χ4n) is 9.74. The molecule has 0 N–H and O–H groups in total. The molecule has 0 aliphatic heterocycles. The van der Waals surface area contributed by atoms with Crippen molar-refractivity contribution in [1.29, 1.82) is 0 Å². The Morgan fingerprint density at radius 1 is 0.396 bits per heavy atom. The summed E-state index contributed by atoms with van der Waals surface area (Å²) in [5, 5.41) is 2.51. The second kappa shape index (κ2) is 10.5. The van der Waals surface area contributed by atoms with Crippen LogP contribution in [-0.4, -0.2) is 14.1 Å². The van der Waals surface area contributed by atoms with Crippen molar-refractivity contribution >= 4 is 32.8 Å². The molecule has 2 aliphatic rings. The van der Waals surface area contributed by atoms with Gasteiger partial charge in [-0.25, -0.2) is 4.98 Å². The van der Waals surface area contributed by atoms with E-state index in [1.165, 1.54) is 66.3 Å². The summed E-state index contributed by atoms with van der Waals surface area (Å²) in [7, 11) is 0. The normalized spacial score (nSPS) is 13.4. The fourth-order valence-corrected chi connectivity index (χ4v) is 9.74. The lowest BCUT2D eigenvalue weighted by Crippen LogP contribution is -2.25. The molecule has 0 atom stereocenters. The summed E-state index contributed by atoms with van der Waals surface area (Å²) >= 11 is 0. The predicted octanol–water partition coefficient (Wildman–Crippen LogP) is 12.1. The first-order valence-corrected chi connectivity index (χ1v) is 18.3. The van der Waals surface area contributed by atoms with Crippen LogP contribution in [0.1, 0.15) is 22.3 Å². The van der Waals surface area contributed by atoms with E-state index in [4.69, 9.17) is 4.98 Å². The van der Waals surface area contributed by atoms with Crippen molar-refractivity contribution in [3.8, 4) is 45.0 Å². The lowest BCUT2D eigenvalue weighted by atomic mass is 9.70. The van der Waals surface area contributed by atoms with E-state index in [1.807, 2.05) is 0 Å². The Labute approximate surface area is 306 Å². The lowest BCUT2D eigenvalue weighted by molar-refractivity contribution is 0.794. The van der Waals surface area contributed by atoms with Gasteiger partial charge in [-0.2, -0.15) is 0 Å². The molecule has 2 aliphatic carbocycles. The maximum Gasteiger partial charge on any atom is 0.145 e. The SMILES string of the molecule is c1ccc(-n2c(-c3cccc(-n4c5ccccc5c5ccc6c(c54)-c4ccccc4C64c5ccccc5-c5ccccc54)c3)nc3ccccc32)cc1. The van der Waals surface area contributed by atoms with Crippen LogP contribution in [0.3, 0.4) is 0 Å². The maximum absolute atomic E-state index is 5.24. The number of rotatable bonds is 3. The van der Waals surface area contributed by atoms with E-state index in [0.717, 1.165) is 33.8 Å². The number of aromatic nitrogens is 3. The molecule has 0 amide bonds. The number of para-hydroxylation sites is 4. The topological polar surface area (TPSA) is 22.8 Å². The highest BCUT2D eigenvalue weighted by Gasteiger charge is 2.52. The highest BCUT2D eigenvalue weighted by molar-refractivity contribution is 6.16. The molecule has 0 radical (unpaired) electrons. The molecule has 0 unspecified atom stereocenters. The standard InChI is InChI=1S/C50H31N3/c1-2-16-33(17-3-1)53-46-28-13-11-26-44(46)51-49(53)32-15-14-18-34(31-32)52-45-27-12-7-21-37(45)38-29-30-43-47(48(38)52)39-22-6-10-25-42(39)50(43)40-23-8-4-19-35(40)36-20-5-9-24-41(36)50/h1-31H. The van der Waals surface area contributed by atoms with E-state index in [0.29, 0.717) is 0 Å². The minimum atomic E-state index is -0.406. The molecule has 1 spiro atoms. The van der Waals surface area contributed by atoms with Crippen LogP contribution in [0.15, 0.2) is 188 Å². The predicted molar refractivity (Wildman–Crippen MR) is 217 cm³/mol. The van der Waals surface area contributed by atoms with Gasteiger partial charge in [-0.3, -0.25) is 4.57 Å². The zero-order valence-electron chi connectivity index (χ0n) is 28.7. The van der Waals surface area contributed by atoms with Crippen LogP contribution in [0.2, 0.25) is 0 Å². The first-order chi connectivity index (χ1) is 26.3. The van der Waals surface area contributed by atoms with Crippen molar-refractivity contribution in [3.05, 3.63) is 210 Å². The van der Waals surface area contributed by atoms with Gasteiger partial charge < -0.3 is 4.57 Å². The summed E-state index contributed by atoms with van der Waals surface area (Å²) in [6.45, 7) is 0. The number of imidazole rings is 1. The van der Waals surface area contributed by atoms with E-state index >= 15 is 0 Å². The third-order valence-corrected chi connectivity index (χ3v) is 11.7. The highest BCUT2D eigenvalue weighted by Crippen LogP contribution is 2.64. The van der Waals surface area contributed by atoms with Crippen LogP contribution in [0, 0.1) is 0 Å². The number of benzene rings is 8. The van der Waals surface area contributed by atoms with Crippen molar-refractivity contribution in [1.82, 2.24) is 14.1 Å². The Bertz CT molecular complexity index is 3080. The summed E-state index contributed by atoms with van der Waals surface area (Å²) in [5.41, 5.74) is 18.0. The summed E-state index contributed by atoms with van der Waals surface area (Å²) in [6.07, 6.45) is 0. The second-order valence-electron chi connectivity index (χ2n) is 14.3. The number of fused-ring (bicyclic) bond motifs is 15. The van der Waals surface area contributed by atoms with E-state index in [2.05, 4.69) is 197 Å². The molecule has 246 valence electrons. The molecular weight excluding hydrogens is 643 g/mol. The summed E-state index contributed by atoms with van der Waals surface area (Å²) in [4.78, 5) is 5.24. The minimum absolute atomic E-state index is 0.406. The molecule has 2 aromatic heterocycles. The number of hydrogen-bond acceptors (Lipinski definition) is 1. The molecule has 3 heteroatoms. The van der Waals surface area contributed by atoms with Crippen molar-refractivity contribution in [3.63, 3.8) is 0 Å². The van der Waals surface area contributed by atoms with E-state index in [1.54, 1.807) is 0 Å². The average Bonchev–Trinajstić information content (AvgIpc) is 3.95. The largest absolute Gasteiger partial charge is 0.309 e. The Balaban J connectivity index is 1.18. The molecule has 0 bridgehead atoms. The Morgan fingerprint density at radius 3 is 1.77 bits per heavy atom. The molecular formula is C50H31N3. The van der Waals surface area contributed by atoms with Crippen LogP contribution in [0.25, 0.3) is 77.9 Å². The van der Waals surface area contributed by atoms with Crippen LogP contribution in [0.5, 0.6) is 0 Å². The number of nitrogens with zero attached hydrogens (tertiary/aromatic N) is 3. The van der Waals surface area contributed by atoms with Crippen molar-refractivity contribution in [2.75, 3.05) is 0 Å². The van der Waals surface area contributed by atoms with Gasteiger partial charge in [0, 0.05) is 33.3 Å². The molecule has 10 aromatic rings. The third-order valence-electron chi connectivity index (χ3n) is 11.7. The molecule has 2 heterocycles. The monoisotopic (exact) mass is 673 g/mol. The van der Waals surface area contributed by atoms with Crippen LogP contribution in [0.4, 0.5) is 0 Å². The van der Waals surface area contributed by atoms with Gasteiger partial charge in [-0.1, -0.05) is 146 Å². The van der Waals surface area contributed by atoms with Crippen molar-refractivity contribution in [2.24, 2.45) is 0 Å². The Kier molecular flexibility index (Phi) is 5.70. The number of hydrogen-bond donors (Lipinski definition) is 0. The summed E-state index contributed by atoms with van der Waals surface area (Å²) in [5.74, 6) is 0.925. The molecule has 0 saturated carbocycles. The first-order valence-electron chi connectivity index (χ1n) is 18.3.